The molecule has 1 aromatic heterocycles. The van der Waals surface area contributed by atoms with Gasteiger partial charge in [-0.15, -0.1) is 0 Å². The average molecular weight is 357 g/mol. The Kier molecular flexibility index (Phi) is 5.05. The highest BCUT2D eigenvalue weighted by atomic mass is 35.5. The normalized spacial score (nSPS) is 10.5. The number of nitrogens with zero attached hydrogens (tertiary/aromatic N) is 1. The van der Waals surface area contributed by atoms with Gasteiger partial charge >= 0.3 is 0 Å². The topological polar surface area (TPSA) is 64.4 Å². The standard InChI is InChI=1S/C19H17ClN2O3/c1-12-17(18(22-25-12)15-8-3-4-9-16(15)20)19(23)21-11-13-6-5-7-14(10-13)24-2/h3-10H,11H2,1-2H3,(H,21,23). The number of aryl methyl sites for hydroxylation is 1. The molecular formula is C19H17ClN2O3. The van der Waals surface area contributed by atoms with Gasteiger partial charge in [-0.1, -0.05) is 47.1 Å². The summed E-state index contributed by atoms with van der Waals surface area (Å²) < 4.78 is 10.4. The van der Waals surface area contributed by atoms with Crippen molar-refractivity contribution in [3.05, 3.63) is 70.4 Å². The molecule has 0 bridgehead atoms. The van der Waals surface area contributed by atoms with Crippen LogP contribution in [-0.4, -0.2) is 18.2 Å². The molecule has 3 rings (SSSR count). The van der Waals surface area contributed by atoms with Gasteiger partial charge in [-0.3, -0.25) is 4.79 Å². The summed E-state index contributed by atoms with van der Waals surface area (Å²) in [5.74, 6) is 0.916. The fourth-order valence-corrected chi connectivity index (χ4v) is 2.76. The van der Waals surface area contributed by atoms with E-state index in [1.54, 1.807) is 26.2 Å². The molecule has 2 aromatic carbocycles. The maximum Gasteiger partial charge on any atom is 0.257 e. The van der Waals surface area contributed by atoms with Crippen LogP contribution in [0.25, 0.3) is 11.3 Å². The van der Waals surface area contributed by atoms with Crippen LogP contribution < -0.4 is 10.1 Å². The number of benzene rings is 2. The second kappa shape index (κ2) is 7.40. The molecule has 0 saturated carbocycles. The molecule has 3 aromatic rings. The SMILES string of the molecule is COc1cccc(CNC(=O)c2c(-c3ccccc3Cl)noc2C)c1. The largest absolute Gasteiger partial charge is 0.497 e. The van der Waals surface area contributed by atoms with E-state index in [0.29, 0.717) is 34.1 Å². The summed E-state index contributed by atoms with van der Waals surface area (Å²) in [6.45, 7) is 2.07. The number of carbonyl (C=O) groups excluding carboxylic acids is 1. The van der Waals surface area contributed by atoms with Crippen molar-refractivity contribution in [3.8, 4) is 17.0 Å². The second-order valence-electron chi connectivity index (χ2n) is 5.48. The highest BCUT2D eigenvalue weighted by molar-refractivity contribution is 6.33. The third-order valence-electron chi connectivity index (χ3n) is 3.81. The number of aromatic nitrogens is 1. The molecule has 0 unspecified atom stereocenters. The predicted molar refractivity (Wildman–Crippen MR) is 95.9 cm³/mol. The van der Waals surface area contributed by atoms with Crippen LogP contribution in [0.1, 0.15) is 21.7 Å². The van der Waals surface area contributed by atoms with Crippen LogP contribution in [0.2, 0.25) is 5.02 Å². The fraction of sp³-hybridized carbons (Fsp3) is 0.158. The van der Waals surface area contributed by atoms with Crippen LogP contribution >= 0.6 is 11.6 Å². The van der Waals surface area contributed by atoms with E-state index in [0.717, 1.165) is 11.3 Å². The van der Waals surface area contributed by atoms with Crippen molar-refractivity contribution < 1.29 is 14.1 Å². The summed E-state index contributed by atoms with van der Waals surface area (Å²) in [5.41, 5.74) is 2.41. The lowest BCUT2D eigenvalue weighted by Crippen LogP contribution is -2.23. The molecule has 0 saturated heterocycles. The van der Waals surface area contributed by atoms with Crippen molar-refractivity contribution in [2.24, 2.45) is 0 Å². The molecule has 0 aliphatic rings. The van der Waals surface area contributed by atoms with Crippen LogP contribution in [0.4, 0.5) is 0 Å². The first-order chi connectivity index (χ1) is 12.1. The first-order valence-corrected chi connectivity index (χ1v) is 8.10. The Morgan fingerprint density at radius 3 is 2.80 bits per heavy atom. The quantitative estimate of drug-likeness (QED) is 0.742. The van der Waals surface area contributed by atoms with Crippen molar-refractivity contribution >= 4 is 17.5 Å². The van der Waals surface area contributed by atoms with E-state index in [1.165, 1.54) is 0 Å². The minimum atomic E-state index is -0.267. The summed E-state index contributed by atoms with van der Waals surface area (Å²) >= 11 is 6.22. The summed E-state index contributed by atoms with van der Waals surface area (Å²) in [7, 11) is 1.61. The highest BCUT2D eigenvalue weighted by Crippen LogP contribution is 2.30. The molecule has 0 atom stereocenters. The summed E-state index contributed by atoms with van der Waals surface area (Å²) in [5, 5.41) is 7.41. The third-order valence-corrected chi connectivity index (χ3v) is 4.14. The van der Waals surface area contributed by atoms with Crippen molar-refractivity contribution in [2.75, 3.05) is 7.11 Å². The molecule has 128 valence electrons. The monoisotopic (exact) mass is 356 g/mol. The Morgan fingerprint density at radius 1 is 1.24 bits per heavy atom. The zero-order chi connectivity index (χ0) is 17.8. The molecule has 6 heteroatoms. The minimum Gasteiger partial charge on any atom is -0.497 e. The molecule has 25 heavy (non-hydrogen) atoms. The highest BCUT2D eigenvalue weighted by Gasteiger charge is 2.22. The molecule has 1 amide bonds. The summed E-state index contributed by atoms with van der Waals surface area (Å²) in [6.07, 6.45) is 0. The maximum absolute atomic E-state index is 12.7. The number of methoxy groups -OCH3 is 1. The zero-order valence-electron chi connectivity index (χ0n) is 13.9. The molecule has 0 radical (unpaired) electrons. The van der Waals surface area contributed by atoms with E-state index in [4.69, 9.17) is 20.9 Å². The van der Waals surface area contributed by atoms with Gasteiger partial charge in [0.25, 0.3) is 5.91 Å². The van der Waals surface area contributed by atoms with Crippen LogP contribution in [-0.2, 0) is 6.54 Å². The maximum atomic E-state index is 12.7. The Balaban J connectivity index is 1.83. The Bertz CT molecular complexity index is 905. The Labute approximate surface area is 150 Å². The number of ether oxygens (including phenoxy) is 1. The van der Waals surface area contributed by atoms with Gasteiger partial charge in [0.05, 0.1) is 12.1 Å². The number of rotatable bonds is 5. The summed E-state index contributed by atoms with van der Waals surface area (Å²) in [6, 6.07) is 14.7. The van der Waals surface area contributed by atoms with Gasteiger partial charge in [0.1, 0.15) is 22.8 Å². The van der Waals surface area contributed by atoms with Gasteiger partial charge in [-0.2, -0.15) is 0 Å². The van der Waals surface area contributed by atoms with E-state index in [9.17, 15) is 4.79 Å². The molecule has 1 heterocycles. The second-order valence-corrected chi connectivity index (χ2v) is 5.88. The van der Waals surface area contributed by atoms with E-state index in [2.05, 4.69) is 10.5 Å². The van der Waals surface area contributed by atoms with Crippen molar-refractivity contribution in [2.45, 2.75) is 13.5 Å². The van der Waals surface area contributed by atoms with Crippen molar-refractivity contribution in [1.29, 1.82) is 0 Å². The molecule has 1 N–H and O–H groups in total. The van der Waals surface area contributed by atoms with Gasteiger partial charge in [0.2, 0.25) is 0 Å². The van der Waals surface area contributed by atoms with Gasteiger partial charge < -0.3 is 14.6 Å². The molecule has 0 spiro atoms. The van der Waals surface area contributed by atoms with Crippen LogP contribution in [0.5, 0.6) is 5.75 Å². The van der Waals surface area contributed by atoms with Crippen LogP contribution in [0.3, 0.4) is 0 Å². The summed E-state index contributed by atoms with van der Waals surface area (Å²) in [4.78, 5) is 12.7. The minimum absolute atomic E-state index is 0.267. The Morgan fingerprint density at radius 2 is 2.04 bits per heavy atom. The smallest absolute Gasteiger partial charge is 0.257 e. The first-order valence-electron chi connectivity index (χ1n) is 7.72. The number of halogens is 1. The average Bonchev–Trinajstić information content (AvgIpc) is 3.01. The molecule has 0 aliphatic heterocycles. The molecule has 0 fully saturated rings. The van der Waals surface area contributed by atoms with E-state index >= 15 is 0 Å². The van der Waals surface area contributed by atoms with E-state index in [1.807, 2.05) is 36.4 Å². The molecule has 5 nitrogen and oxygen atoms in total. The number of amides is 1. The lowest BCUT2D eigenvalue weighted by Gasteiger charge is -2.08. The lowest BCUT2D eigenvalue weighted by molar-refractivity contribution is 0.0950. The van der Waals surface area contributed by atoms with Gasteiger partial charge in [-0.25, -0.2) is 0 Å². The lowest BCUT2D eigenvalue weighted by atomic mass is 10.1. The van der Waals surface area contributed by atoms with Gasteiger partial charge in [0, 0.05) is 12.1 Å². The van der Waals surface area contributed by atoms with E-state index in [-0.39, 0.29) is 5.91 Å². The van der Waals surface area contributed by atoms with Crippen LogP contribution in [0.15, 0.2) is 53.1 Å². The predicted octanol–water partition coefficient (Wildman–Crippen LogP) is 4.24. The van der Waals surface area contributed by atoms with Crippen molar-refractivity contribution in [1.82, 2.24) is 10.5 Å². The van der Waals surface area contributed by atoms with E-state index < -0.39 is 0 Å². The number of carbonyl (C=O) groups is 1. The van der Waals surface area contributed by atoms with Crippen LogP contribution in [0, 0.1) is 6.92 Å². The van der Waals surface area contributed by atoms with Gasteiger partial charge in [0.15, 0.2) is 0 Å². The molecular weight excluding hydrogens is 340 g/mol. The number of hydrogen-bond donors (Lipinski definition) is 1. The Hall–Kier alpha value is -2.79. The van der Waals surface area contributed by atoms with Crippen molar-refractivity contribution in [3.63, 3.8) is 0 Å². The molecule has 0 aliphatic carbocycles. The zero-order valence-corrected chi connectivity index (χ0v) is 14.6. The third kappa shape index (κ3) is 3.67. The fourth-order valence-electron chi connectivity index (χ4n) is 2.53. The number of hydrogen-bond acceptors (Lipinski definition) is 4. The first kappa shape index (κ1) is 17.0. The van der Waals surface area contributed by atoms with Gasteiger partial charge in [-0.05, 0) is 30.7 Å². The number of nitrogens with one attached hydrogen (secondary N) is 1.